The van der Waals surface area contributed by atoms with E-state index in [0.29, 0.717) is 23.7 Å². The standard InChI is InChI=1S/C25H24ClN3O2/c1-18-7-9-19(10-8-18)25(30)27-17-24-28-22-5-2-3-6-23(22)29(24)15-4-16-31-21-13-11-20(26)12-14-21/h2-3,5-14H,4,15-17H2,1H3,(H,27,30). The van der Waals surface area contributed by atoms with Crippen molar-refractivity contribution in [3.8, 4) is 5.75 Å². The average Bonchev–Trinajstić information content (AvgIpc) is 3.14. The number of para-hydroxylation sites is 2. The number of benzene rings is 3. The molecule has 1 amide bonds. The van der Waals surface area contributed by atoms with Gasteiger partial charge in [-0.15, -0.1) is 0 Å². The number of aromatic nitrogens is 2. The Morgan fingerprint density at radius 2 is 1.77 bits per heavy atom. The van der Waals surface area contributed by atoms with Crippen molar-refractivity contribution in [1.82, 2.24) is 14.9 Å². The van der Waals surface area contributed by atoms with E-state index in [1.807, 2.05) is 79.7 Å². The second kappa shape index (κ2) is 9.67. The predicted molar refractivity (Wildman–Crippen MR) is 124 cm³/mol. The molecular formula is C25H24ClN3O2. The highest BCUT2D eigenvalue weighted by molar-refractivity contribution is 6.30. The molecule has 0 unspecified atom stereocenters. The number of carbonyl (C=O) groups excluding carboxylic acids is 1. The number of aryl methyl sites for hydroxylation is 2. The Bertz CT molecular complexity index is 1170. The lowest BCUT2D eigenvalue weighted by molar-refractivity contribution is 0.0949. The zero-order valence-corrected chi connectivity index (χ0v) is 18.1. The summed E-state index contributed by atoms with van der Waals surface area (Å²) >= 11 is 5.92. The molecule has 0 saturated heterocycles. The largest absolute Gasteiger partial charge is 0.494 e. The quantitative estimate of drug-likeness (QED) is 0.378. The summed E-state index contributed by atoms with van der Waals surface area (Å²) in [4.78, 5) is 17.3. The fourth-order valence-corrected chi connectivity index (χ4v) is 3.55. The van der Waals surface area contributed by atoms with Crippen molar-refractivity contribution in [3.05, 3.63) is 94.8 Å². The topological polar surface area (TPSA) is 56.2 Å². The molecule has 0 radical (unpaired) electrons. The van der Waals surface area contributed by atoms with Crippen LogP contribution < -0.4 is 10.1 Å². The molecule has 4 rings (SSSR count). The summed E-state index contributed by atoms with van der Waals surface area (Å²) in [6.07, 6.45) is 0.807. The minimum Gasteiger partial charge on any atom is -0.494 e. The SMILES string of the molecule is Cc1ccc(C(=O)NCc2nc3ccccc3n2CCCOc2ccc(Cl)cc2)cc1. The number of rotatable bonds is 8. The lowest BCUT2D eigenvalue weighted by Gasteiger charge is -2.11. The first kappa shape index (κ1) is 20.9. The molecule has 0 spiro atoms. The molecule has 0 aliphatic rings. The molecule has 4 aromatic rings. The van der Waals surface area contributed by atoms with Crippen LogP contribution in [0.1, 0.15) is 28.2 Å². The Labute approximate surface area is 186 Å². The van der Waals surface area contributed by atoms with Gasteiger partial charge >= 0.3 is 0 Å². The third kappa shape index (κ3) is 5.25. The van der Waals surface area contributed by atoms with Gasteiger partial charge in [-0.25, -0.2) is 4.98 Å². The molecule has 1 heterocycles. The average molecular weight is 434 g/mol. The van der Waals surface area contributed by atoms with Crippen LogP contribution in [0.25, 0.3) is 11.0 Å². The van der Waals surface area contributed by atoms with E-state index in [4.69, 9.17) is 21.3 Å². The van der Waals surface area contributed by atoms with Gasteiger partial charge in [0.05, 0.1) is 24.2 Å². The molecule has 1 aromatic heterocycles. The van der Waals surface area contributed by atoms with Crippen molar-refractivity contribution < 1.29 is 9.53 Å². The first-order chi connectivity index (χ1) is 15.1. The number of ether oxygens (including phenoxy) is 1. The number of halogens is 1. The van der Waals surface area contributed by atoms with Gasteiger partial charge in [0, 0.05) is 17.1 Å². The Morgan fingerprint density at radius 3 is 2.55 bits per heavy atom. The first-order valence-corrected chi connectivity index (χ1v) is 10.7. The smallest absolute Gasteiger partial charge is 0.251 e. The lowest BCUT2D eigenvalue weighted by Crippen LogP contribution is -2.25. The molecular weight excluding hydrogens is 410 g/mol. The summed E-state index contributed by atoms with van der Waals surface area (Å²) in [5.74, 6) is 1.52. The molecule has 5 nitrogen and oxygen atoms in total. The Kier molecular flexibility index (Phi) is 6.53. The van der Waals surface area contributed by atoms with Gasteiger partial charge < -0.3 is 14.6 Å². The minimum absolute atomic E-state index is 0.107. The molecule has 1 N–H and O–H groups in total. The summed E-state index contributed by atoms with van der Waals surface area (Å²) in [5, 5.41) is 3.68. The molecule has 0 aliphatic heterocycles. The zero-order chi connectivity index (χ0) is 21.6. The fourth-order valence-electron chi connectivity index (χ4n) is 3.42. The van der Waals surface area contributed by atoms with E-state index in [1.165, 1.54) is 0 Å². The van der Waals surface area contributed by atoms with Crippen LogP contribution in [0.2, 0.25) is 5.02 Å². The third-order valence-corrected chi connectivity index (χ3v) is 5.31. The highest BCUT2D eigenvalue weighted by Crippen LogP contribution is 2.18. The van der Waals surface area contributed by atoms with Crippen molar-refractivity contribution in [3.63, 3.8) is 0 Å². The fraction of sp³-hybridized carbons (Fsp3) is 0.200. The third-order valence-electron chi connectivity index (χ3n) is 5.06. The summed E-state index contributed by atoms with van der Waals surface area (Å²) in [5.41, 5.74) is 3.73. The monoisotopic (exact) mass is 433 g/mol. The van der Waals surface area contributed by atoms with Crippen LogP contribution in [-0.2, 0) is 13.1 Å². The molecule has 31 heavy (non-hydrogen) atoms. The van der Waals surface area contributed by atoms with Crippen LogP contribution in [0.15, 0.2) is 72.8 Å². The number of nitrogens with one attached hydrogen (secondary N) is 1. The number of nitrogens with zero attached hydrogens (tertiary/aromatic N) is 2. The highest BCUT2D eigenvalue weighted by Gasteiger charge is 2.12. The molecule has 0 atom stereocenters. The number of hydrogen-bond donors (Lipinski definition) is 1. The van der Waals surface area contributed by atoms with Crippen LogP contribution >= 0.6 is 11.6 Å². The second-order valence-corrected chi connectivity index (χ2v) is 7.81. The summed E-state index contributed by atoms with van der Waals surface area (Å²) in [7, 11) is 0. The van der Waals surface area contributed by atoms with Crippen molar-refractivity contribution in [1.29, 1.82) is 0 Å². The number of imidazole rings is 1. The second-order valence-electron chi connectivity index (χ2n) is 7.37. The normalized spacial score (nSPS) is 10.9. The van der Waals surface area contributed by atoms with Gasteiger partial charge in [0.15, 0.2) is 0 Å². The predicted octanol–water partition coefficient (Wildman–Crippen LogP) is 5.40. The first-order valence-electron chi connectivity index (χ1n) is 10.3. The van der Waals surface area contributed by atoms with Crippen LogP contribution in [0.5, 0.6) is 5.75 Å². The van der Waals surface area contributed by atoms with E-state index in [2.05, 4.69) is 9.88 Å². The minimum atomic E-state index is -0.107. The Hall–Kier alpha value is -3.31. The highest BCUT2D eigenvalue weighted by atomic mass is 35.5. The summed E-state index contributed by atoms with van der Waals surface area (Å²) < 4.78 is 7.96. The number of amides is 1. The van der Waals surface area contributed by atoms with Crippen molar-refractivity contribution in [2.24, 2.45) is 0 Å². The van der Waals surface area contributed by atoms with E-state index < -0.39 is 0 Å². The van der Waals surface area contributed by atoms with E-state index in [9.17, 15) is 4.79 Å². The Morgan fingerprint density at radius 1 is 1.03 bits per heavy atom. The molecule has 158 valence electrons. The van der Waals surface area contributed by atoms with Crippen molar-refractivity contribution >= 4 is 28.5 Å². The molecule has 0 fully saturated rings. The van der Waals surface area contributed by atoms with Crippen molar-refractivity contribution in [2.45, 2.75) is 26.4 Å². The molecule has 0 saturated carbocycles. The molecule has 6 heteroatoms. The van der Waals surface area contributed by atoms with Crippen LogP contribution in [0.4, 0.5) is 0 Å². The van der Waals surface area contributed by atoms with Gasteiger partial charge in [0.2, 0.25) is 0 Å². The van der Waals surface area contributed by atoms with Gasteiger partial charge in [-0.05, 0) is 61.9 Å². The van der Waals surface area contributed by atoms with Crippen LogP contribution in [-0.4, -0.2) is 22.1 Å². The number of carbonyl (C=O) groups is 1. The maximum Gasteiger partial charge on any atom is 0.251 e. The summed E-state index contributed by atoms with van der Waals surface area (Å²) in [6, 6.07) is 22.9. The maximum atomic E-state index is 12.5. The molecule has 0 bridgehead atoms. The van der Waals surface area contributed by atoms with E-state index in [1.54, 1.807) is 0 Å². The van der Waals surface area contributed by atoms with Crippen molar-refractivity contribution in [2.75, 3.05) is 6.61 Å². The van der Waals surface area contributed by atoms with Gasteiger partial charge in [-0.2, -0.15) is 0 Å². The number of hydrogen-bond acceptors (Lipinski definition) is 3. The van der Waals surface area contributed by atoms with Gasteiger partial charge in [-0.1, -0.05) is 41.4 Å². The molecule has 3 aromatic carbocycles. The zero-order valence-electron chi connectivity index (χ0n) is 17.3. The van der Waals surface area contributed by atoms with E-state index in [-0.39, 0.29) is 5.91 Å². The van der Waals surface area contributed by atoms with Gasteiger partial charge in [-0.3, -0.25) is 4.79 Å². The Balaban J connectivity index is 1.42. The maximum absolute atomic E-state index is 12.5. The van der Waals surface area contributed by atoms with E-state index >= 15 is 0 Å². The molecule has 0 aliphatic carbocycles. The lowest BCUT2D eigenvalue weighted by atomic mass is 10.1. The van der Waals surface area contributed by atoms with Gasteiger partial charge in [0.1, 0.15) is 11.6 Å². The number of fused-ring (bicyclic) bond motifs is 1. The van der Waals surface area contributed by atoms with E-state index in [0.717, 1.165) is 41.1 Å². The van der Waals surface area contributed by atoms with Gasteiger partial charge in [0.25, 0.3) is 5.91 Å². The van der Waals surface area contributed by atoms with Crippen LogP contribution in [0, 0.1) is 6.92 Å². The van der Waals surface area contributed by atoms with Crippen LogP contribution in [0.3, 0.4) is 0 Å². The summed E-state index contributed by atoms with van der Waals surface area (Å²) in [6.45, 7) is 3.67.